The van der Waals surface area contributed by atoms with Gasteiger partial charge in [-0.15, -0.1) is 0 Å². The van der Waals surface area contributed by atoms with Crippen LogP contribution in [0.2, 0.25) is 0 Å². The van der Waals surface area contributed by atoms with Gasteiger partial charge >= 0.3 is 0 Å². The van der Waals surface area contributed by atoms with Crippen LogP contribution in [-0.4, -0.2) is 19.6 Å². The molecular formula is C54H53N3O. The van der Waals surface area contributed by atoms with Crippen molar-refractivity contribution >= 4 is 11.0 Å². The maximum absolute atomic E-state index is 12.1. The second-order valence-electron chi connectivity index (χ2n) is 18.6. The zero-order chi connectivity index (χ0) is 41.0. The van der Waals surface area contributed by atoms with Crippen molar-refractivity contribution < 1.29 is 5.11 Å². The predicted molar refractivity (Wildman–Crippen MR) is 244 cm³/mol. The fourth-order valence-corrected chi connectivity index (χ4v) is 7.99. The van der Waals surface area contributed by atoms with E-state index in [1.807, 2.05) is 30.5 Å². The minimum atomic E-state index is -0.272. The van der Waals surface area contributed by atoms with Gasteiger partial charge in [0.25, 0.3) is 0 Å². The van der Waals surface area contributed by atoms with Gasteiger partial charge in [-0.05, 0) is 109 Å². The summed E-state index contributed by atoms with van der Waals surface area (Å²) in [7, 11) is 0. The molecule has 58 heavy (non-hydrogen) atoms. The summed E-state index contributed by atoms with van der Waals surface area (Å²) >= 11 is 0. The fraction of sp³-hybridized carbons (Fsp3) is 0.222. The summed E-state index contributed by atoms with van der Waals surface area (Å²) < 4.78 is 2.27. The lowest BCUT2D eigenvalue weighted by molar-refractivity contribution is 0.448. The predicted octanol–water partition coefficient (Wildman–Crippen LogP) is 14.4. The molecule has 6 aromatic carbocycles. The molecule has 8 aromatic rings. The number of para-hydroxylation sites is 2. The molecule has 0 spiro atoms. The first-order chi connectivity index (χ1) is 27.6. The van der Waals surface area contributed by atoms with Gasteiger partial charge in [-0.2, -0.15) is 0 Å². The maximum Gasteiger partial charge on any atom is 0.149 e. The monoisotopic (exact) mass is 759 g/mol. The molecule has 0 saturated carbocycles. The van der Waals surface area contributed by atoms with Crippen LogP contribution in [0.1, 0.15) is 79.0 Å². The van der Waals surface area contributed by atoms with Crippen molar-refractivity contribution in [3.8, 4) is 67.5 Å². The summed E-state index contributed by atoms with van der Waals surface area (Å²) in [4.78, 5) is 10.5. The van der Waals surface area contributed by atoms with Crippen molar-refractivity contribution in [2.75, 3.05) is 0 Å². The molecule has 0 fully saturated rings. The topological polar surface area (TPSA) is 50.9 Å². The van der Waals surface area contributed by atoms with E-state index in [0.29, 0.717) is 11.4 Å². The number of fused-ring (bicyclic) bond motifs is 1. The van der Waals surface area contributed by atoms with Gasteiger partial charge in [0.05, 0.1) is 28.0 Å². The third-order valence-corrected chi connectivity index (χ3v) is 11.2. The molecule has 0 amide bonds. The number of phenolic OH excluding ortho intramolecular Hbond substituents is 1. The van der Waals surface area contributed by atoms with E-state index < -0.39 is 0 Å². The minimum Gasteiger partial charge on any atom is -0.507 e. The summed E-state index contributed by atoms with van der Waals surface area (Å²) in [5.74, 6) is 0.959. The Morgan fingerprint density at radius 1 is 0.466 bits per heavy atom. The molecule has 4 nitrogen and oxygen atoms in total. The number of benzene rings is 6. The van der Waals surface area contributed by atoms with Crippen LogP contribution < -0.4 is 0 Å². The lowest BCUT2D eigenvalue weighted by atomic mass is 9.83. The van der Waals surface area contributed by atoms with Crippen LogP contribution in [0.5, 0.6) is 5.75 Å². The molecule has 2 heterocycles. The number of imidazole rings is 1. The van der Waals surface area contributed by atoms with E-state index >= 15 is 0 Å². The van der Waals surface area contributed by atoms with Gasteiger partial charge in [-0.1, -0.05) is 159 Å². The van der Waals surface area contributed by atoms with Gasteiger partial charge in [0.2, 0.25) is 0 Å². The molecule has 0 unspecified atom stereocenters. The Labute approximate surface area is 343 Å². The molecule has 0 aliphatic carbocycles. The Balaban J connectivity index is 1.41. The number of nitrogens with zero attached hydrogens (tertiary/aromatic N) is 3. The van der Waals surface area contributed by atoms with Gasteiger partial charge in [-0.25, -0.2) is 4.98 Å². The van der Waals surface area contributed by atoms with E-state index in [1.165, 1.54) is 16.7 Å². The lowest BCUT2D eigenvalue weighted by Crippen LogP contribution is -2.16. The number of aromatic hydroxyl groups is 1. The average Bonchev–Trinajstić information content (AvgIpc) is 3.59. The molecule has 0 saturated heterocycles. The summed E-state index contributed by atoms with van der Waals surface area (Å²) in [5.41, 5.74) is 14.9. The van der Waals surface area contributed by atoms with Crippen LogP contribution in [0.4, 0.5) is 0 Å². The van der Waals surface area contributed by atoms with Crippen LogP contribution in [0.15, 0.2) is 152 Å². The molecule has 8 rings (SSSR count). The number of rotatable bonds is 6. The van der Waals surface area contributed by atoms with Gasteiger partial charge in [0.1, 0.15) is 11.6 Å². The molecule has 0 aliphatic rings. The molecule has 4 heteroatoms. The highest BCUT2D eigenvalue weighted by Crippen LogP contribution is 2.44. The number of phenols is 1. The Kier molecular flexibility index (Phi) is 9.72. The minimum absolute atomic E-state index is 0.124. The van der Waals surface area contributed by atoms with Crippen molar-refractivity contribution in [1.29, 1.82) is 0 Å². The molecule has 0 atom stereocenters. The third-order valence-electron chi connectivity index (χ3n) is 11.2. The average molecular weight is 760 g/mol. The number of hydrogen-bond acceptors (Lipinski definition) is 3. The van der Waals surface area contributed by atoms with Crippen molar-refractivity contribution in [1.82, 2.24) is 14.5 Å². The summed E-state index contributed by atoms with van der Waals surface area (Å²) in [5, 5.41) is 12.1. The number of hydrogen-bond donors (Lipinski definition) is 1. The normalized spacial score (nSPS) is 12.3. The highest BCUT2D eigenvalue weighted by Gasteiger charge is 2.28. The third kappa shape index (κ3) is 7.36. The summed E-state index contributed by atoms with van der Waals surface area (Å²) in [6, 6.07) is 51.4. The summed E-state index contributed by atoms with van der Waals surface area (Å²) in [6.07, 6.45) is 1.91. The van der Waals surface area contributed by atoms with Gasteiger partial charge in [0.15, 0.2) is 0 Å². The van der Waals surface area contributed by atoms with Gasteiger partial charge in [0, 0.05) is 17.3 Å². The fourth-order valence-electron chi connectivity index (χ4n) is 7.99. The van der Waals surface area contributed by atoms with E-state index in [-0.39, 0.29) is 22.0 Å². The highest BCUT2D eigenvalue weighted by atomic mass is 16.3. The first-order valence-electron chi connectivity index (χ1n) is 20.3. The first kappa shape index (κ1) is 38.6. The van der Waals surface area contributed by atoms with Gasteiger partial charge in [-0.3, -0.25) is 9.55 Å². The molecule has 0 radical (unpaired) electrons. The molecule has 290 valence electrons. The van der Waals surface area contributed by atoms with Gasteiger partial charge < -0.3 is 5.11 Å². The van der Waals surface area contributed by atoms with Crippen molar-refractivity contribution in [3.63, 3.8) is 0 Å². The van der Waals surface area contributed by atoms with Crippen molar-refractivity contribution in [3.05, 3.63) is 168 Å². The summed E-state index contributed by atoms with van der Waals surface area (Å²) in [6.45, 7) is 20.0. The molecule has 1 N–H and O–H groups in total. The van der Waals surface area contributed by atoms with E-state index in [1.54, 1.807) is 0 Å². The van der Waals surface area contributed by atoms with Crippen LogP contribution >= 0.6 is 0 Å². The Hall–Kier alpha value is -6.26. The van der Waals surface area contributed by atoms with Crippen molar-refractivity contribution in [2.45, 2.75) is 78.6 Å². The van der Waals surface area contributed by atoms with Crippen LogP contribution in [0, 0.1) is 0 Å². The van der Waals surface area contributed by atoms with Crippen LogP contribution in [0.3, 0.4) is 0 Å². The molecule has 0 bridgehead atoms. The van der Waals surface area contributed by atoms with Crippen LogP contribution in [0.25, 0.3) is 72.7 Å². The number of aromatic nitrogens is 3. The highest BCUT2D eigenvalue weighted by molar-refractivity contribution is 5.97. The van der Waals surface area contributed by atoms with Crippen LogP contribution in [-0.2, 0) is 16.2 Å². The Bertz CT molecular complexity index is 2770. The largest absolute Gasteiger partial charge is 0.507 e. The van der Waals surface area contributed by atoms with E-state index in [2.05, 4.69) is 188 Å². The zero-order valence-corrected chi connectivity index (χ0v) is 35.2. The first-order valence-corrected chi connectivity index (χ1v) is 20.3. The molecular weight excluding hydrogens is 707 g/mol. The standard InChI is InChI=1S/C54H53N3O/c1-52(2,3)41-31-39(30-40(32-41)46-34-38(28-29-55-46)36-20-14-11-15-21-36)42-22-17-25-48-49(42)56-51(43-23-16-24-44(50(43)58)53(4,5)6)57(48)47-27-26-37(33-45(47)54(7,8)9)35-18-12-10-13-19-35/h10-34,58H,1-9H3. The van der Waals surface area contributed by atoms with E-state index in [4.69, 9.17) is 9.97 Å². The quantitative estimate of drug-likeness (QED) is 0.184. The van der Waals surface area contributed by atoms with E-state index in [9.17, 15) is 5.11 Å². The molecule has 2 aromatic heterocycles. The Morgan fingerprint density at radius 3 is 1.71 bits per heavy atom. The second-order valence-corrected chi connectivity index (χ2v) is 18.6. The second kappa shape index (κ2) is 14.6. The zero-order valence-electron chi connectivity index (χ0n) is 35.2. The van der Waals surface area contributed by atoms with E-state index in [0.717, 1.165) is 61.4 Å². The number of pyridine rings is 1. The Morgan fingerprint density at radius 2 is 1.07 bits per heavy atom. The molecule has 0 aliphatic heterocycles. The SMILES string of the molecule is CC(C)(C)c1cc(-c2cc(-c3ccccc3)ccn2)cc(-c2cccc3c2nc(-c2cccc(C(C)(C)C)c2O)n3-c2ccc(-c3ccccc3)cc2C(C)(C)C)c1. The smallest absolute Gasteiger partial charge is 0.149 e. The lowest BCUT2D eigenvalue weighted by Gasteiger charge is -2.26. The maximum atomic E-state index is 12.1. The van der Waals surface area contributed by atoms with Crippen molar-refractivity contribution in [2.24, 2.45) is 0 Å².